The summed E-state index contributed by atoms with van der Waals surface area (Å²) in [4.78, 5) is 26.9. The molecule has 0 unspecified atom stereocenters. The van der Waals surface area contributed by atoms with Gasteiger partial charge in [0, 0.05) is 29.5 Å². The number of aliphatic hydroxyl groups is 3. The molecule has 3 aromatic carbocycles. The molecular formula is C43H45B3N4O11S4. The fourth-order valence-electron chi connectivity index (χ4n) is 6.82. The van der Waals surface area contributed by atoms with E-state index in [4.69, 9.17) is 19.7 Å². The number of Topliss-reactive ketones (excluding diaryl/α,β-unsaturated/α-hetero) is 1. The number of hydrogen-bond acceptors (Lipinski definition) is 18. The van der Waals surface area contributed by atoms with Crippen molar-refractivity contribution in [2.45, 2.75) is 63.7 Å². The number of hydrogen-bond donors (Lipinski definition) is 7. The normalized spacial score (nSPS) is 16.9. The molecule has 3 aliphatic heterocycles. The van der Waals surface area contributed by atoms with Crippen molar-refractivity contribution in [1.29, 1.82) is 0 Å². The largest absolute Gasteiger partial charge is 0.537 e. The van der Waals surface area contributed by atoms with Gasteiger partial charge in [0.15, 0.2) is 4.34 Å². The Morgan fingerprint density at radius 2 is 1.20 bits per heavy atom. The zero-order valence-electron chi connectivity index (χ0n) is 35.1. The number of thioether (sulfide) groups is 3. The minimum Gasteiger partial charge on any atom is -0.535 e. The quantitative estimate of drug-likeness (QED) is 0.0514. The van der Waals surface area contributed by atoms with Gasteiger partial charge < -0.3 is 50.1 Å². The van der Waals surface area contributed by atoms with E-state index in [1.54, 1.807) is 30.6 Å². The molecule has 0 aliphatic carbocycles. The van der Waals surface area contributed by atoms with Gasteiger partial charge in [0.1, 0.15) is 45.3 Å². The highest BCUT2D eigenvalue weighted by molar-refractivity contribution is 8.03. The van der Waals surface area contributed by atoms with E-state index in [-0.39, 0.29) is 57.3 Å². The number of carbonyl (C=O) groups is 2. The summed E-state index contributed by atoms with van der Waals surface area (Å²) < 4.78 is 17.4. The molecule has 3 atom stereocenters. The molecule has 15 nitrogen and oxygen atoms in total. The smallest absolute Gasteiger partial charge is 0.535 e. The molecule has 2 aromatic heterocycles. The number of benzene rings is 3. The van der Waals surface area contributed by atoms with E-state index in [9.17, 15) is 40.0 Å². The van der Waals surface area contributed by atoms with Crippen molar-refractivity contribution in [2.24, 2.45) is 5.73 Å². The highest BCUT2D eigenvalue weighted by atomic mass is 32.2. The number of amides is 1. The van der Waals surface area contributed by atoms with Crippen LogP contribution in [-0.2, 0) is 35.3 Å². The van der Waals surface area contributed by atoms with E-state index in [0.717, 1.165) is 21.6 Å². The molecule has 5 aromatic rings. The average molecular weight is 955 g/mol. The predicted molar refractivity (Wildman–Crippen MR) is 259 cm³/mol. The van der Waals surface area contributed by atoms with Crippen LogP contribution in [0.1, 0.15) is 51.7 Å². The van der Waals surface area contributed by atoms with Gasteiger partial charge in [-0.15, -0.1) is 22.0 Å². The predicted octanol–water partition coefficient (Wildman–Crippen LogP) is 6.19. The number of nitrogens with two attached hydrogens (primary N) is 1. The Hall–Kier alpha value is -5.35. The molecule has 5 heterocycles. The van der Waals surface area contributed by atoms with E-state index in [1.165, 1.54) is 53.5 Å². The van der Waals surface area contributed by atoms with Crippen molar-refractivity contribution in [3.8, 4) is 17.2 Å². The lowest BCUT2D eigenvalue weighted by Crippen LogP contribution is -2.40. The standard InChI is InChI=1S/C15H15BN2O4S2.C15H14BNO3S.C13H16BNO4S/c1-8(19)6-13-17-18-15(24-13)23-12-7-10-4-3-5-11(9(2)20)14(10)22-16(12)21;1-10(18)13-6-2-4-11-8-14(16(19)20-15(11)13)21-12-5-3-7-17-9-12;1-8(16)10-4-2-3-9-7-11(14(18)19-13(9)10)20-6-5-12(15)17/h3-5,12,20-21H,2,6-7H2,1H3;2-7,9,14,18-19H,1,8H2;2-4,11,16,18H,1,5-7H2,(H2,15,17)/t12-;14-;11-/m000/s1. The van der Waals surface area contributed by atoms with Crippen LogP contribution in [0.5, 0.6) is 17.2 Å². The van der Waals surface area contributed by atoms with E-state index in [2.05, 4.69) is 34.9 Å². The Kier molecular flexibility index (Phi) is 17.2. The number of primary amides is 1. The molecule has 22 heteroatoms. The van der Waals surface area contributed by atoms with Crippen LogP contribution in [0, 0.1) is 0 Å². The van der Waals surface area contributed by atoms with E-state index in [0.29, 0.717) is 68.3 Å². The lowest BCUT2D eigenvalue weighted by Gasteiger charge is -2.28. The molecule has 0 spiro atoms. The first-order chi connectivity index (χ1) is 31.1. The molecule has 0 fully saturated rings. The van der Waals surface area contributed by atoms with Crippen molar-refractivity contribution >= 4 is 96.9 Å². The third kappa shape index (κ3) is 13.1. The van der Waals surface area contributed by atoms with Gasteiger partial charge in [-0.2, -0.15) is 11.8 Å². The average Bonchev–Trinajstić information content (AvgIpc) is 3.70. The number of nitrogens with zero attached hydrogens (tertiary/aromatic N) is 3. The molecule has 65 heavy (non-hydrogen) atoms. The van der Waals surface area contributed by atoms with E-state index < -0.39 is 21.4 Å². The number of aromatic nitrogens is 3. The maximum absolute atomic E-state index is 11.1. The van der Waals surface area contributed by atoms with Crippen LogP contribution < -0.4 is 19.7 Å². The Bertz CT molecular complexity index is 2540. The van der Waals surface area contributed by atoms with Gasteiger partial charge in [-0.3, -0.25) is 14.6 Å². The van der Waals surface area contributed by atoms with Crippen LogP contribution in [0.15, 0.2) is 108 Å². The second-order valence-corrected chi connectivity index (χ2v) is 20.0. The van der Waals surface area contributed by atoms with E-state index >= 15 is 0 Å². The van der Waals surface area contributed by atoms with Gasteiger partial charge in [0.25, 0.3) is 0 Å². The summed E-state index contributed by atoms with van der Waals surface area (Å²) >= 11 is 5.70. The first-order valence-electron chi connectivity index (χ1n) is 20.1. The molecule has 0 bridgehead atoms. The molecule has 8 rings (SSSR count). The van der Waals surface area contributed by atoms with Gasteiger partial charge in [-0.25, -0.2) is 0 Å². The minimum absolute atomic E-state index is 0.0365. The summed E-state index contributed by atoms with van der Waals surface area (Å²) in [6, 6.07) is 20.1. The number of aliphatic hydroxyl groups excluding tert-OH is 3. The van der Waals surface area contributed by atoms with Crippen LogP contribution >= 0.6 is 46.6 Å². The van der Waals surface area contributed by atoms with Gasteiger partial charge >= 0.3 is 21.4 Å². The Morgan fingerprint density at radius 1 is 0.723 bits per heavy atom. The number of ketones is 1. The summed E-state index contributed by atoms with van der Waals surface area (Å²) in [5, 5.41) is 67.4. The Labute approximate surface area is 393 Å². The number of fused-ring (bicyclic) bond motifs is 3. The summed E-state index contributed by atoms with van der Waals surface area (Å²) in [5.41, 5.74) is 9.33. The molecule has 0 radical (unpaired) electrons. The number of rotatable bonds is 13. The number of carbonyl (C=O) groups excluding carboxylic acids is 2. The van der Waals surface area contributed by atoms with Gasteiger partial charge in [0.05, 0.1) is 38.6 Å². The van der Waals surface area contributed by atoms with Crippen LogP contribution in [-0.4, -0.2) is 99.8 Å². The minimum atomic E-state index is -1.04. The monoisotopic (exact) mass is 954 g/mol. The maximum atomic E-state index is 11.1. The fourth-order valence-corrected chi connectivity index (χ4v) is 11.3. The fraction of sp³-hybridized carbons (Fsp3) is 0.233. The van der Waals surface area contributed by atoms with Gasteiger partial charge in [-0.1, -0.05) is 79.2 Å². The van der Waals surface area contributed by atoms with Crippen molar-refractivity contribution in [2.75, 3.05) is 5.75 Å². The van der Waals surface area contributed by atoms with E-state index in [1.807, 2.05) is 48.5 Å². The Balaban J connectivity index is 0.000000162. The molecular weight excluding hydrogens is 909 g/mol. The number of pyridine rings is 1. The van der Waals surface area contributed by atoms with Crippen molar-refractivity contribution < 1.29 is 53.9 Å². The summed E-state index contributed by atoms with van der Waals surface area (Å²) in [5.74, 6) is 1.43. The lowest BCUT2D eigenvalue weighted by molar-refractivity contribution is -0.118. The van der Waals surface area contributed by atoms with Crippen molar-refractivity contribution in [1.82, 2.24) is 15.2 Å². The Morgan fingerprint density at radius 3 is 1.65 bits per heavy atom. The van der Waals surface area contributed by atoms with Gasteiger partial charge in [-0.05, 0) is 73.2 Å². The highest BCUT2D eigenvalue weighted by Crippen LogP contribution is 2.40. The number of para-hydroxylation sites is 3. The molecule has 3 aliphatic rings. The summed E-state index contributed by atoms with van der Waals surface area (Å²) in [7, 11) is -2.97. The first kappa shape index (κ1) is 49.1. The van der Waals surface area contributed by atoms with Crippen molar-refractivity contribution in [3.63, 3.8) is 0 Å². The topological polar surface area (TPSA) is 248 Å². The molecule has 0 saturated carbocycles. The van der Waals surface area contributed by atoms with Crippen molar-refractivity contribution in [3.05, 3.63) is 137 Å². The zero-order chi connectivity index (χ0) is 46.8. The first-order valence-corrected chi connectivity index (χ1v) is 23.7. The third-order valence-corrected chi connectivity index (χ3v) is 14.6. The molecule has 8 N–H and O–H groups in total. The second kappa shape index (κ2) is 22.7. The summed E-state index contributed by atoms with van der Waals surface area (Å²) in [6.07, 6.45) is 5.83. The third-order valence-electron chi connectivity index (χ3n) is 9.86. The summed E-state index contributed by atoms with van der Waals surface area (Å²) in [6.45, 7) is 12.0. The van der Waals surface area contributed by atoms with Crippen LogP contribution in [0.3, 0.4) is 0 Å². The molecule has 0 saturated heterocycles. The maximum Gasteiger partial charge on any atom is 0.537 e. The van der Waals surface area contributed by atoms with Crippen LogP contribution in [0.25, 0.3) is 17.3 Å². The molecule has 1 amide bonds. The highest BCUT2D eigenvalue weighted by Gasteiger charge is 2.39. The molecule has 336 valence electrons. The van der Waals surface area contributed by atoms with Crippen LogP contribution in [0.4, 0.5) is 0 Å². The zero-order valence-corrected chi connectivity index (χ0v) is 38.4. The SMILES string of the molecule is C=C(O)c1cccc2c1OB(O)[C@@H](SCCC(N)=O)C2.C=C(O)c1cccc2c1OB(O)[C@@H](Sc1cccnc1)C2.C=C(O)c1cccc2c1OB(O)[C@@H](Sc1nnc(CC(C)=O)s1)C2. The van der Waals surface area contributed by atoms with Gasteiger partial charge in [0.2, 0.25) is 5.91 Å². The second-order valence-electron chi connectivity index (χ2n) is 14.8. The van der Waals surface area contributed by atoms with Crippen LogP contribution in [0.2, 0.25) is 0 Å². The lowest BCUT2D eigenvalue weighted by atomic mass is 9.77.